The van der Waals surface area contributed by atoms with Crippen molar-refractivity contribution in [3.8, 4) is 0 Å². The van der Waals surface area contributed by atoms with E-state index in [0.717, 1.165) is 53.9 Å². The summed E-state index contributed by atoms with van der Waals surface area (Å²) in [6.45, 7) is 5.89. The fourth-order valence-corrected chi connectivity index (χ4v) is 3.56. The third-order valence-corrected chi connectivity index (χ3v) is 4.82. The topological polar surface area (TPSA) is 45.2 Å². The normalized spacial score (nSPS) is 15.5. The number of hydrogen-bond donors (Lipinski definition) is 0. The predicted octanol–water partition coefficient (Wildman–Crippen LogP) is 2.72. The Bertz CT molecular complexity index is 778. The average Bonchev–Trinajstić information content (AvgIpc) is 3.09. The van der Waals surface area contributed by atoms with E-state index in [1.165, 1.54) is 0 Å². The van der Waals surface area contributed by atoms with Crippen LogP contribution in [0.3, 0.4) is 0 Å². The predicted molar refractivity (Wildman–Crippen MR) is 90.8 cm³/mol. The van der Waals surface area contributed by atoms with Gasteiger partial charge in [-0.05, 0) is 19.1 Å². The number of fused-ring (bicyclic) bond motifs is 1. The van der Waals surface area contributed by atoms with Crippen LogP contribution in [-0.2, 0) is 0 Å². The minimum Gasteiger partial charge on any atom is -0.352 e. The number of rotatable bonds is 2. The number of piperazine rings is 1. The van der Waals surface area contributed by atoms with Crippen LogP contribution in [0.1, 0.15) is 5.69 Å². The highest BCUT2D eigenvalue weighted by atomic mass is 32.1. The Hall–Kier alpha value is -2.21. The monoisotopic (exact) mass is 311 g/mol. The van der Waals surface area contributed by atoms with Crippen molar-refractivity contribution in [3.63, 3.8) is 0 Å². The molecule has 0 unspecified atom stereocenters. The molecule has 0 atom stereocenters. The largest absolute Gasteiger partial charge is 0.352 e. The summed E-state index contributed by atoms with van der Waals surface area (Å²) >= 11 is 1.70. The van der Waals surface area contributed by atoms with E-state index in [1.54, 1.807) is 11.3 Å². The number of aryl methyl sites for hydroxylation is 1. The van der Waals surface area contributed by atoms with Crippen LogP contribution in [0.2, 0.25) is 0 Å². The summed E-state index contributed by atoms with van der Waals surface area (Å²) in [4.78, 5) is 18.6. The van der Waals surface area contributed by atoms with Gasteiger partial charge in [0, 0.05) is 37.8 Å². The molecule has 2 aromatic heterocycles. The standard InChI is InChI=1S/C16H17N5S/c1-12-15(19-14-5-3-2-4-13(14)18-12)20-7-9-21(10-8-20)16-17-6-11-22-16/h2-6,11H,7-10H2,1H3. The number of anilines is 2. The molecule has 0 spiro atoms. The second-order valence-corrected chi connectivity index (χ2v) is 6.28. The van der Waals surface area contributed by atoms with Crippen LogP contribution in [0.25, 0.3) is 11.0 Å². The van der Waals surface area contributed by atoms with E-state index in [4.69, 9.17) is 9.97 Å². The average molecular weight is 311 g/mol. The first-order valence-corrected chi connectivity index (χ1v) is 8.32. The van der Waals surface area contributed by atoms with Gasteiger partial charge in [0.25, 0.3) is 0 Å². The second kappa shape index (κ2) is 5.53. The van der Waals surface area contributed by atoms with Gasteiger partial charge < -0.3 is 9.80 Å². The van der Waals surface area contributed by atoms with E-state index in [-0.39, 0.29) is 0 Å². The van der Waals surface area contributed by atoms with Crippen molar-refractivity contribution >= 4 is 33.3 Å². The first-order valence-electron chi connectivity index (χ1n) is 7.44. The van der Waals surface area contributed by atoms with Crippen LogP contribution in [0.4, 0.5) is 10.9 Å². The molecule has 0 N–H and O–H groups in total. The van der Waals surface area contributed by atoms with Crippen LogP contribution >= 0.6 is 11.3 Å². The van der Waals surface area contributed by atoms with Gasteiger partial charge >= 0.3 is 0 Å². The molecule has 0 radical (unpaired) electrons. The molecule has 112 valence electrons. The fourth-order valence-electron chi connectivity index (χ4n) is 2.86. The Kier molecular flexibility index (Phi) is 3.38. The molecule has 0 aliphatic carbocycles. The van der Waals surface area contributed by atoms with E-state index < -0.39 is 0 Å². The van der Waals surface area contributed by atoms with Gasteiger partial charge in [0.15, 0.2) is 10.9 Å². The van der Waals surface area contributed by atoms with Gasteiger partial charge in [0.1, 0.15) is 0 Å². The highest BCUT2D eigenvalue weighted by Crippen LogP contribution is 2.24. The molecule has 0 amide bonds. The fraction of sp³-hybridized carbons (Fsp3) is 0.312. The highest BCUT2D eigenvalue weighted by Gasteiger charge is 2.21. The number of thiazole rings is 1. The Morgan fingerprint density at radius 2 is 1.64 bits per heavy atom. The SMILES string of the molecule is Cc1nc2ccccc2nc1N1CCN(c2nccs2)CC1. The Morgan fingerprint density at radius 3 is 2.32 bits per heavy atom. The molecule has 1 aliphatic rings. The summed E-state index contributed by atoms with van der Waals surface area (Å²) in [5.74, 6) is 1.01. The molecule has 3 heterocycles. The zero-order valence-electron chi connectivity index (χ0n) is 12.4. The van der Waals surface area contributed by atoms with Crippen molar-refractivity contribution in [1.29, 1.82) is 0 Å². The molecular formula is C16H17N5S. The maximum atomic E-state index is 4.82. The van der Waals surface area contributed by atoms with Gasteiger partial charge in [-0.3, -0.25) is 0 Å². The van der Waals surface area contributed by atoms with Crippen molar-refractivity contribution in [3.05, 3.63) is 41.5 Å². The van der Waals surface area contributed by atoms with Crippen LogP contribution < -0.4 is 9.80 Å². The number of nitrogens with zero attached hydrogens (tertiary/aromatic N) is 5. The zero-order valence-corrected chi connectivity index (χ0v) is 13.3. The summed E-state index contributed by atoms with van der Waals surface area (Å²) in [6, 6.07) is 8.05. The van der Waals surface area contributed by atoms with Gasteiger partial charge in [-0.15, -0.1) is 11.3 Å². The van der Waals surface area contributed by atoms with Crippen molar-refractivity contribution in [2.45, 2.75) is 6.92 Å². The summed E-state index contributed by atoms with van der Waals surface area (Å²) in [7, 11) is 0. The molecule has 22 heavy (non-hydrogen) atoms. The lowest BCUT2D eigenvalue weighted by Crippen LogP contribution is -2.47. The van der Waals surface area contributed by atoms with Crippen LogP contribution in [-0.4, -0.2) is 41.1 Å². The quantitative estimate of drug-likeness (QED) is 0.728. The minimum absolute atomic E-state index is 0.952. The molecule has 1 fully saturated rings. The van der Waals surface area contributed by atoms with Crippen molar-refractivity contribution in [2.24, 2.45) is 0 Å². The summed E-state index contributed by atoms with van der Waals surface area (Å²) in [5.41, 5.74) is 2.93. The van der Waals surface area contributed by atoms with Crippen molar-refractivity contribution < 1.29 is 0 Å². The first-order chi connectivity index (χ1) is 10.8. The Balaban J connectivity index is 1.57. The molecule has 1 saturated heterocycles. The number of para-hydroxylation sites is 2. The smallest absolute Gasteiger partial charge is 0.185 e. The molecular weight excluding hydrogens is 294 g/mol. The number of hydrogen-bond acceptors (Lipinski definition) is 6. The second-order valence-electron chi connectivity index (χ2n) is 5.41. The molecule has 4 rings (SSSR count). The van der Waals surface area contributed by atoms with E-state index in [0.29, 0.717) is 0 Å². The molecule has 5 nitrogen and oxygen atoms in total. The van der Waals surface area contributed by atoms with Gasteiger partial charge in [-0.2, -0.15) is 0 Å². The highest BCUT2D eigenvalue weighted by molar-refractivity contribution is 7.13. The molecule has 3 aromatic rings. The van der Waals surface area contributed by atoms with E-state index in [9.17, 15) is 0 Å². The van der Waals surface area contributed by atoms with E-state index in [1.807, 2.05) is 42.8 Å². The molecule has 0 saturated carbocycles. The number of benzene rings is 1. The van der Waals surface area contributed by atoms with Gasteiger partial charge in [-0.1, -0.05) is 12.1 Å². The molecule has 6 heteroatoms. The van der Waals surface area contributed by atoms with E-state index in [2.05, 4.69) is 14.8 Å². The summed E-state index contributed by atoms with van der Waals surface area (Å²) in [5, 5.41) is 3.14. The van der Waals surface area contributed by atoms with Crippen molar-refractivity contribution in [2.75, 3.05) is 36.0 Å². The number of aromatic nitrogens is 3. The molecule has 1 aliphatic heterocycles. The Labute approximate surface area is 133 Å². The van der Waals surface area contributed by atoms with Crippen molar-refractivity contribution in [1.82, 2.24) is 15.0 Å². The van der Waals surface area contributed by atoms with Gasteiger partial charge in [-0.25, -0.2) is 15.0 Å². The molecule has 0 bridgehead atoms. The molecule has 1 aromatic carbocycles. The lowest BCUT2D eigenvalue weighted by molar-refractivity contribution is 0.644. The van der Waals surface area contributed by atoms with Gasteiger partial charge in [0.05, 0.1) is 16.7 Å². The summed E-state index contributed by atoms with van der Waals surface area (Å²) < 4.78 is 0. The lowest BCUT2D eigenvalue weighted by atomic mass is 10.2. The lowest BCUT2D eigenvalue weighted by Gasteiger charge is -2.35. The van der Waals surface area contributed by atoms with Crippen LogP contribution in [0.15, 0.2) is 35.8 Å². The maximum Gasteiger partial charge on any atom is 0.185 e. The zero-order chi connectivity index (χ0) is 14.9. The van der Waals surface area contributed by atoms with Crippen LogP contribution in [0, 0.1) is 6.92 Å². The Morgan fingerprint density at radius 1 is 0.955 bits per heavy atom. The third-order valence-electron chi connectivity index (χ3n) is 3.99. The maximum absolute atomic E-state index is 4.82. The van der Waals surface area contributed by atoms with Crippen LogP contribution in [0.5, 0.6) is 0 Å². The first kappa shape index (κ1) is 13.5. The summed E-state index contributed by atoms with van der Waals surface area (Å²) in [6.07, 6.45) is 1.87. The van der Waals surface area contributed by atoms with E-state index >= 15 is 0 Å². The van der Waals surface area contributed by atoms with Gasteiger partial charge in [0.2, 0.25) is 0 Å². The third kappa shape index (κ3) is 2.39. The minimum atomic E-state index is 0.952.